The van der Waals surface area contributed by atoms with Crippen molar-refractivity contribution in [3.8, 4) is 0 Å². The van der Waals surface area contributed by atoms with E-state index in [1.54, 1.807) is 14.2 Å². The third-order valence-electron chi connectivity index (χ3n) is 3.33. The molecule has 0 aliphatic carbocycles. The van der Waals surface area contributed by atoms with Crippen LogP contribution < -0.4 is 0 Å². The van der Waals surface area contributed by atoms with Gasteiger partial charge in [0.25, 0.3) is 0 Å². The van der Waals surface area contributed by atoms with Gasteiger partial charge in [-0.15, -0.1) is 0 Å². The molecule has 0 atom stereocenters. The van der Waals surface area contributed by atoms with Crippen LogP contribution in [0.3, 0.4) is 0 Å². The van der Waals surface area contributed by atoms with E-state index < -0.39 is 15.2 Å². The number of benzene rings is 1. The molecule has 0 radical (unpaired) electrons. The maximum Gasteiger partial charge on any atom is 0.227 e. The van der Waals surface area contributed by atoms with Crippen LogP contribution in [0.5, 0.6) is 0 Å². The standard InChI is InChI=1S/C15H24O3Si/c1-5-13-8-7-9-14(12-13)10-11-18-19-15(6-2,16-3)17-4/h5,7-9,12H,1,6,10-11,19H2,2-4H3. The zero-order valence-electron chi connectivity index (χ0n) is 12.1. The van der Waals surface area contributed by atoms with Crippen molar-refractivity contribution in [2.75, 3.05) is 20.8 Å². The minimum absolute atomic E-state index is 0.483. The van der Waals surface area contributed by atoms with Crippen LogP contribution in [0.25, 0.3) is 6.08 Å². The lowest BCUT2D eigenvalue weighted by Crippen LogP contribution is -2.41. The van der Waals surface area contributed by atoms with E-state index in [4.69, 9.17) is 13.9 Å². The Bertz CT molecular complexity index is 380. The molecular formula is C15H24O3Si. The number of hydrogen-bond acceptors (Lipinski definition) is 3. The van der Waals surface area contributed by atoms with Crippen molar-refractivity contribution in [2.24, 2.45) is 0 Å². The highest BCUT2D eigenvalue weighted by molar-refractivity contribution is 6.31. The Morgan fingerprint density at radius 2 is 2.05 bits per heavy atom. The van der Waals surface area contributed by atoms with Crippen molar-refractivity contribution >= 4 is 15.8 Å². The summed E-state index contributed by atoms with van der Waals surface area (Å²) in [5.41, 5.74) is 1.93. The number of ether oxygens (including phenoxy) is 2. The molecule has 0 fully saturated rings. The van der Waals surface area contributed by atoms with Gasteiger partial charge in [0, 0.05) is 20.8 Å². The monoisotopic (exact) mass is 280 g/mol. The first kappa shape index (κ1) is 16.1. The van der Waals surface area contributed by atoms with Gasteiger partial charge in [-0.3, -0.25) is 0 Å². The van der Waals surface area contributed by atoms with Crippen LogP contribution >= 0.6 is 0 Å². The minimum Gasteiger partial charge on any atom is -0.417 e. The molecule has 3 nitrogen and oxygen atoms in total. The summed E-state index contributed by atoms with van der Waals surface area (Å²) < 4.78 is 16.7. The van der Waals surface area contributed by atoms with Gasteiger partial charge >= 0.3 is 0 Å². The van der Waals surface area contributed by atoms with Crippen LogP contribution in [-0.2, 0) is 20.3 Å². The van der Waals surface area contributed by atoms with Gasteiger partial charge in [0.2, 0.25) is 9.76 Å². The van der Waals surface area contributed by atoms with E-state index in [0.29, 0.717) is 6.61 Å². The average molecular weight is 280 g/mol. The molecule has 0 saturated heterocycles. The highest BCUT2D eigenvalue weighted by atomic mass is 28.2. The van der Waals surface area contributed by atoms with Crippen molar-refractivity contribution in [3.63, 3.8) is 0 Å². The largest absolute Gasteiger partial charge is 0.417 e. The lowest BCUT2D eigenvalue weighted by atomic mass is 10.1. The van der Waals surface area contributed by atoms with Gasteiger partial charge in [0.05, 0.1) is 0 Å². The molecule has 0 unspecified atom stereocenters. The molecule has 0 aliphatic heterocycles. The molecule has 0 saturated carbocycles. The molecule has 0 bridgehead atoms. The third-order valence-corrected chi connectivity index (χ3v) is 5.34. The fraction of sp³-hybridized carbons (Fsp3) is 0.467. The van der Waals surface area contributed by atoms with Crippen molar-refractivity contribution in [2.45, 2.75) is 25.2 Å². The normalized spacial score (nSPS) is 12.2. The zero-order valence-corrected chi connectivity index (χ0v) is 13.6. The zero-order chi connectivity index (χ0) is 14.1. The quantitative estimate of drug-likeness (QED) is 0.395. The van der Waals surface area contributed by atoms with E-state index in [9.17, 15) is 0 Å². The summed E-state index contributed by atoms with van der Waals surface area (Å²) in [6.45, 7) is 6.54. The molecule has 0 N–H and O–H groups in total. The van der Waals surface area contributed by atoms with E-state index >= 15 is 0 Å². The molecule has 0 amide bonds. The van der Waals surface area contributed by atoms with E-state index in [-0.39, 0.29) is 0 Å². The summed E-state index contributed by atoms with van der Waals surface area (Å²) in [7, 11) is 2.48. The fourth-order valence-corrected chi connectivity index (χ4v) is 2.92. The van der Waals surface area contributed by atoms with Crippen LogP contribution in [0.4, 0.5) is 0 Å². The fourth-order valence-electron chi connectivity index (χ4n) is 1.89. The van der Waals surface area contributed by atoms with Crippen LogP contribution in [0.1, 0.15) is 24.5 Å². The summed E-state index contributed by atoms with van der Waals surface area (Å²) in [6, 6.07) is 8.34. The van der Waals surface area contributed by atoms with Crippen molar-refractivity contribution in [1.29, 1.82) is 0 Å². The van der Waals surface area contributed by atoms with Gasteiger partial charge < -0.3 is 13.9 Å². The molecule has 1 aromatic rings. The third kappa shape index (κ3) is 4.91. The average Bonchev–Trinajstić information content (AvgIpc) is 2.48. The summed E-state index contributed by atoms with van der Waals surface area (Å²) >= 11 is 0. The molecule has 0 aromatic heterocycles. The number of methoxy groups -OCH3 is 2. The lowest BCUT2D eigenvalue weighted by molar-refractivity contribution is -0.153. The predicted octanol–water partition coefficient (Wildman–Crippen LogP) is 2.33. The van der Waals surface area contributed by atoms with E-state index in [2.05, 4.69) is 25.6 Å². The molecule has 106 valence electrons. The smallest absolute Gasteiger partial charge is 0.227 e. The van der Waals surface area contributed by atoms with Crippen molar-refractivity contribution in [3.05, 3.63) is 42.0 Å². The molecular weight excluding hydrogens is 256 g/mol. The topological polar surface area (TPSA) is 27.7 Å². The van der Waals surface area contributed by atoms with E-state index in [1.165, 1.54) is 5.56 Å². The molecule has 0 spiro atoms. The van der Waals surface area contributed by atoms with Gasteiger partial charge in [-0.1, -0.05) is 43.8 Å². The Morgan fingerprint density at radius 1 is 1.32 bits per heavy atom. The summed E-state index contributed by atoms with van der Waals surface area (Å²) in [6.07, 6.45) is 3.58. The minimum atomic E-state index is -0.877. The molecule has 1 aromatic carbocycles. The first-order chi connectivity index (χ1) is 9.19. The maximum atomic E-state index is 5.81. The Hall–Kier alpha value is -0.943. The Morgan fingerprint density at radius 3 is 2.63 bits per heavy atom. The van der Waals surface area contributed by atoms with Gasteiger partial charge in [-0.25, -0.2) is 0 Å². The number of rotatable bonds is 9. The maximum absolute atomic E-state index is 5.81. The Balaban J connectivity index is 2.39. The van der Waals surface area contributed by atoms with Gasteiger partial charge in [-0.2, -0.15) is 0 Å². The first-order valence-corrected chi connectivity index (χ1v) is 7.87. The van der Waals surface area contributed by atoms with Crippen LogP contribution in [0.2, 0.25) is 0 Å². The van der Waals surface area contributed by atoms with Gasteiger partial charge in [0.1, 0.15) is 0 Å². The van der Waals surface area contributed by atoms with Crippen LogP contribution in [0.15, 0.2) is 30.8 Å². The summed E-state index contributed by atoms with van der Waals surface area (Å²) in [4.78, 5) is 0. The highest BCUT2D eigenvalue weighted by Gasteiger charge is 2.28. The summed E-state index contributed by atoms with van der Waals surface area (Å²) in [5.74, 6) is 0. The second kappa shape index (κ2) is 8.27. The molecule has 19 heavy (non-hydrogen) atoms. The van der Waals surface area contributed by atoms with Gasteiger partial charge in [0.15, 0.2) is 5.41 Å². The summed E-state index contributed by atoms with van der Waals surface area (Å²) in [5, 5.41) is 0. The van der Waals surface area contributed by atoms with Crippen molar-refractivity contribution < 1.29 is 13.9 Å². The van der Waals surface area contributed by atoms with Crippen LogP contribution in [-0.4, -0.2) is 36.0 Å². The molecule has 1 rings (SSSR count). The highest BCUT2D eigenvalue weighted by Crippen LogP contribution is 2.14. The predicted molar refractivity (Wildman–Crippen MR) is 81.8 cm³/mol. The molecule has 4 heteroatoms. The Kier molecular flexibility index (Phi) is 7.01. The first-order valence-electron chi connectivity index (χ1n) is 6.59. The molecule has 0 aliphatic rings. The molecule has 0 heterocycles. The second-order valence-electron chi connectivity index (χ2n) is 4.42. The van der Waals surface area contributed by atoms with E-state index in [0.717, 1.165) is 18.4 Å². The Labute approximate surface area is 118 Å². The van der Waals surface area contributed by atoms with Crippen molar-refractivity contribution in [1.82, 2.24) is 0 Å². The lowest BCUT2D eigenvalue weighted by Gasteiger charge is -2.28. The SMILES string of the molecule is C=Cc1cccc(CCO[SiH2]C(CC)(OC)OC)c1. The number of hydrogen-bond donors (Lipinski definition) is 0. The van der Waals surface area contributed by atoms with Crippen LogP contribution in [0, 0.1) is 0 Å². The van der Waals surface area contributed by atoms with E-state index in [1.807, 2.05) is 18.2 Å². The van der Waals surface area contributed by atoms with Gasteiger partial charge in [-0.05, 0) is 24.0 Å². The second-order valence-corrected chi connectivity index (χ2v) is 6.20.